The standard InChI is InChI=1S/C30H38N4O10/c1-3-17-41-29(39)21-9-13-23(14-10-21)43-19-27(37)33-31-25(35)7-5-6-8-26(36)32-34-28(38)20-44-24-15-11-22(12-16-24)30(40)42-18-4-2/h9-16H,3-8,17-20H2,1-2H3,(H,31,35)(H,32,36)(H,33,37)(H,34,38). The fraction of sp³-hybridized carbons (Fsp3) is 0.400. The van der Waals surface area contributed by atoms with Crippen LogP contribution in [0.2, 0.25) is 0 Å². The van der Waals surface area contributed by atoms with Gasteiger partial charge in [0.25, 0.3) is 11.8 Å². The first kappa shape index (κ1) is 35.1. The van der Waals surface area contributed by atoms with Gasteiger partial charge in [0.15, 0.2) is 13.2 Å². The van der Waals surface area contributed by atoms with Gasteiger partial charge in [0.2, 0.25) is 11.8 Å². The first-order valence-corrected chi connectivity index (χ1v) is 14.2. The van der Waals surface area contributed by atoms with Crippen LogP contribution >= 0.6 is 0 Å². The third-order valence-electron chi connectivity index (χ3n) is 5.53. The van der Waals surface area contributed by atoms with Gasteiger partial charge in [-0.2, -0.15) is 0 Å². The normalized spacial score (nSPS) is 10.1. The van der Waals surface area contributed by atoms with E-state index in [9.17, 15) is 28.8 Å². The number of hydrazine groups is 2. The molecule has 0 aromatic heterocycles. The van der Waals surface area contributed by atoms with E-state index in [1.54, 1.807) is 0 Å². The van der Waals surface area contributed by atoms with Crippen molar-refractivity contribution in [2.24, 2.45) is 0 Å². The van der Waals surface area contributed by atoms with E-state index in [2.05, 4.69) is 21.7 Å². The monoisotopic (exact) mass is 614 g/mol. The van der Waals surface area contributed by atoms with Gasteiger partial charge in [-0.3, -0.25) is 40.9 Å². The molecule has 4 N–H and O–H groups in total. The van der Waals surface area contributed by atoms with Crippen LogP contribution in [0.25, 0.3) is 0 Å². The average Bonchev–Trinajstić information content (AvgIpc) is 3.04. The molecule has 0 aliphatic heterocycles. The van der Waals surface area contributed by atoms with Crippen molar-refractivity contribution in [1.29, 1.82) is 0 Å². The van der Waals surface area contributed by atoms with Crippen LogP contribution in [0.1, 0.15) is 73.1 Å². The number of benzene rings is 2. The molecule has 0 spiro atoms. The van der Waals surface area contributed by atoms with Crippen molar-refractivity contribution in [2.45, 2.75) is 52.4 Å². The van der Waals surface area contributed by atoms with Crippen molar-refractivity contribution in [3.05, 3.63) is 59.7 Å². The van der Waals surface area contributed by atoms with Gasteiger partial charge in [-0.15, -0.1) is 0 Å². The quantitative estimate of drug-likeness (QED) is 0.117. The molecule has 0 radical (unpaired) electrons. The summed E-state index contributed by atoms with van der Waals surface area (Å²) in [5.41, 5.74) is 9.71. The summed E-state index contributed by atoms with van der Waals surface area (Å²) in [6.45, 7) is 3.72. The number of nitrogens with one attached hydrogen (secondary N) is 4. The molecule has 0 saturated carbocycles. The van der Waals surface area contributed by atoms with E-state index in [0.29, 0.717) is 61.5 Å². The smallest absolute Gasteiger partial charge is 0.338 e. The van der Waals surface area contributed by atoms with Crippen LogP contribution < -0.4 is 31.2 Å². The maximum atomic E-state index is 11.9. The van der Waals surface area contributed by atoms with Gasteiger partial charge in [0, 0.05) is 12.8 Å². The molecule has 14 heteroatoms. The molecule has 2 rings (SSSR count). The lowest BCUT2D eigenvalue weighted by Crippen LogP contribution is -2.44. The zero-order chi connectivity index (χ0) is 32.2. The number of carbonyl (C=O) groups excluding carboxylic acids is 6. The molecular formula is C30H38N4O10. The molecule has 0 unspecified atom stereocenters. The van der Waals surface area contributed by atoms with Crippen LogP contribution in [-0.4, -0.2) is 62.0 Å². The van der Waals surface area contributed by atoms with Gasteiger partial charge in [-0.1, -0.05) is 13.8 Å². The molecule has 0 heterocycles. The van der Waals surface area contributed by atoms with Crippen LogP contribution in [0, 0.1) is 0 Å². The summed E-state index contributed by atoms with van der Waals surface area (Å²) in [4.78, 5) is 71.3. The van der Waals surface area contributed by atoms with Crippen LogP contribution in [-0.2, 0) is 28.7 Å². The Bertz CT molecular complexity index is 1150. The number of ether oxygens (including phenoxy) is 4. The van der Waals surface area contributed by atoms with E-state index < -0.39 is 35.6 Å². The van der Waals surface area contributed by atoms with Crippen molar-refractivity contribution in [3.8, 4) is 11.5 Å². The van der Waals surface area contributed by atoms with Crippen molar-refractivity contribution < 1.29 is 47.7 Å². The predicted molar refractivity (Wildman–Crippen MR) is 156 cm³/mol. The average molecular weight is 615 g/mol. The van der Waals surface area contributed by atoms with E-state index in [-0.39, 0.29) is 26.1 Å². The second-order valence-electron chi connectivity index (χ2n) is 9.30. The van der Waals surface area contributed by atoms with E-state index in [0.717, 1.165) is 0 Å². The SMILES string of the molecule is CCCOC(=O)c1ccc(OCC(=O)NNC(=O)CCCCC(=O)NNC(=O)COc2ccc(C(=O)OCCC)cc2)cc1. The third-order valence-corrected chi connectivity index (χ3v) is 5.53. The van der Waals surface area contributed by atoms with E-state index in [1.807, 2.05) is 13.8 Å². The van der Waals surface area contributed by atoms with Crippen LogP contribution in [0.15, 0.2) is 48.5 Å². The Hall–Kier alpha value is -5.14. The zero-order valence-electron chi connectivity index (χ0n) is 24.8. The summed E-state index contributed by atoms with van der Waals surface area (Å²) in [6.07, 6.45) is 2.26. The van der Waals surface area contributed by atoms with E-state index in [4.69, 9.17) is 18.9 Å². The summed E-state index contributed by atoms with van der Waals surface area (Å²) in [7, 11) is 0. The lowest BCUT2D eigenvalue weighted by Gasteiger charge is -2.10. The second-order valence-corrected chi connectivity index (χ2v) is 9.30. The maximum absolute atomic E-state index is 11.9. The Kier molecular flexibility index (Phi) is 15.8. The Morgan fingerprint density at radius 2 is 0.864 bits per heavy atom. The summed E-state index contributed by atoms with van der Waals surface area (Å²) < 4.78 is 20.7. The highest BCUT2D eigenvalue weighted by Gasteiger charge is 2.11. The van der Waals surface area contributed by atoms with Crippen LogP contribution in [0.4, 0.5) is 0 Å². The van der Waals surface area contributed by atoms with Crippen molar-refractivity contribution in [1.82, 2.24) is 21.7 Å². The summed E-state index contributed by atoms with van der Waals surface area (Å²) in [6, 6.07) is 12.2. The molecule has 4 amide bonds. The fourth-order valence-electron chi connectivity index (χ4n) is 3.28. The van der Waals surface area contributed by atoms with Crippen molar-refractivity contribution >= 4 is 35.6 Å². The molecule has 0 bridgehead atoms. The molecule has 238 valence electrons. The molecular weight excluding hydrogens is 576 g/mol. The number of rotatable bonds is 17. The Morgan fingerprint density at radius 1 is 0.523 bits per heavy atom. The Balaban J connectivity index is 1.52. The number of unbranched alkanes of at least 4 members (excludes halogenated alkanes) is 1. The topological polar surface area (TPSA) is 187 Å². The maximum Gasteiger partial charge on any atom is 0.338 e. The third kappa shape index (κ3) is 14.2. The molecule has 14 nitrogen and oxygen atoms in total. The molecule has 2 aromatic carbocycles. The van der Waals surface area contributed by atoms with Crippen LogP contribution in [0.3, 0.4) is 0 Å². The van der Waals surface area contributed by atoms with Gasteiger partial charge in [-0.25, -0.2) is 9.59 Å². The number of hydrogen-bond donors (Lipinski definition) is 4. The largest absolute Gasteiger partial charge is 0.484 e. The number of esters is 2. The van der Waals surface area contributed by atoms with Gasteiger partial charge >= 0.3 is 11.9 Å². The molecule has 0 atom stereocenters. The fourth-order valence-corrected chi connectivity index (χ4v) is 3.28. The predicted octanol–water partition coefficient (Wildman–Crippen LogP) is 2.13. The van der Waals surface area contributed by atoms with Gasteiger partial charge in [0.1, 0.15) is 11.5 Å². The summed E-state index contributed by atoms with van der Waals surface area (Å²) in [5, 5.41) is 0. The van der Waals surface area contributed by atoms with Gasteiger partial charge in [0.05, 0.1) is 24.3 Å². The lowest BCUT2D eigenvalue weighted by molar-refractivity contribution is -0.130. The zero-order valence-corrected chi connectivity index (χ0v) is 24.8. The lowest BCUT2D eigenvalue weighted by atomic mass is 10.2. The number of carbonyl (C=O) groups is 6. The van der Waals surface area contributed by atoms with Gasteiger partial charge in [-0.05, 0) is 74.2 Å². The van der Waals surface area contributed by atoms with E-state index in [1.165, 1.54) is 48.5 Å². The minimum absolute atomic E-state index is 0.0549. The molecule has 0 saturated heterocycles. The molecule has 0 aliphatic carbocycles. The minimum atomic E-state index is -0.590. The molecule has 0 fully saturated rings. The number of hydrogen-bond acceptors (Lipinski definition) is 10. The minimum Gasteiger partial charge on any atom is -0.484 e. The van der Waals surface area contributed by atoms with Crippen LogP contribution in [0.5, 0.6) is 11.5 Å². The Labute approximate surface area is 255 Å². The highest BCUT2D eigenvalue weighted by molar-refractivity contribution is 5.90. The molecule has 44 heavy (non-hydrogen) atoms. The first-order valence-electron chi connectivity index (χ1n) is 14.2. The Morgan fingerprint density at radius 3 is 1.20 bits per heavy atom. The first-order chi connectivity index (χ1) is 21.2. The summed E-state index contributed by atoms with van der Waals surface area (Å²) >= 11 is 0. The van der Waals surface area contributed by atoms with E-state index >= 15 is 0 Å². The highest BCUT2D eigenvalue weighted by atomic mass is 16.5. The van der Waals surface area contributed by atoms with Crippen molar-refractivity contribution in [2.75, 3.05) is 26.4 Å². The van der Waals surface area contributed by atoms with Crippen molar-refractivity contribution in [3.63, 3.8) is 0 Å². The highest BCUT2D eigenvalue weighted by Crippen LogP contribution is 2.14. The van der Waals surface area contributed by atoms with Gasteiger partial charge < -0.3 is 18.9 Å². The summed E-state index contributed by atoms with van der Waals surface area (Å²) in [5.74, 6) is -2.26. The molecule has 0 aliphatic rings. The number of amides is 4. The molecule has 2 aromatic rings. The second kappa shape index (κ2) is 19.9.